The van der Waals surface area contributed by atoms with Gasteiger partial charge in [0.25, 0.3) is 0 Å². The largest absolute Gasteiger partial charge is 0.495 e. The minimum atomic E-state index is 0.577. The predicted molar refractivity (Wildman–Crippen MR) is 114 cm³/mol. The summed E-state index contributed by atoms with van der Waals surface area (Å²) in [6.07, 6.45) is 10.0. The van der Waals surface area contributed by atoms with Crippen molar-refractivity contribution < 1.29 is 4.74 Å². The van der Waals surface area contributed by atoms with Gasteiger partial charge in [-0.25, -0.2) is 9.67 Å². The highest BCUT2D eigenvalue weighted by atomic mass is 16.5. The molecule has 5 rings (SSSR count). The maximum atomic E-state index is 5.65. The van der Waals surface area contributed by atoms with Crippen LogP contribution in [0.1, 0.15) is 36.8 Å². The van der Waals surface area contributed by atoms with Crippen molar-refractivity contribution in [3.05, 3.63) is 35.7 Å². The summed E-state index contributed by atoms with van der Waals surface area (Å²) < 4.78 is 7.69. The number of rotatable bonds is 5. The van der Waals surface area contributed by atoms with Gasteiger partial charge in [-0.2, -0.15) is 10.1 Å². The molecule has 0 amide bonds. The SMILES string of the molecule is COc1cc2c(cc1Nc1ncc3cnn(CC4CCCC4)c3n1)CN(C)CC2. The minimum absolute atomic E-state index is 0.577. The first-order valence-electron chi connectivity index (χ1n) is 10.5. The van der Waals surface area contributed by atoms with Gasteiger partial charge in [0.05, 0.1) is 24.4 Å². The van der Waals surface area contributed by atoms with Gasteiger partial charge in [-0.3, -0.25) is 0 Å². The van der Waals surface area contributed by atoms with Crippen molar-refractivity contribution in [3.8, 4) is 5.75 Å². The molecule has 0 unspecified atom stereocenters. The summed E-state index contributed by atoms with van der Waals surface area (Å²) in [5, 5.41) is 8.93. The van der Waals surface area contributed by atoms with Gasteiger partial charge in [-0.1, -0.05) is 12.8 Å². The van der Waals surface area contributed by atoms with E-state index in [2.05, 4.69) is 39.5 Å². The number of aromatic nitrogens is 4. The highest BCUT2D eigenvalue weighted by Crippen LogP contribution is 2.33. The van der Waals surface area contributed by atoms with Crippen molar-refractivity contribution in [2.75, 3.05) is 26.0 Å². The molecule has 0 atom stereocenters. The summed E-state index contributed by atoms with van der Waals surface area (Å²) >= 11 is 0. The summed E-state index contributed by atoms with van der Waals surface area (Å²) in [6, 6.07) is 4.32. The summed E-state index contributed by atoms with van der Waals surface area (Å²) in [4.78, 5) is 11.6. The Bertz CT molecular complexity index is 1020. The number of methoxy groups -OCH3 is 1. The zero-order valence-corrected chi connectivity index (χ0v) is 17.2. The lowest BCUT2D eigenvalue weighted by Crippen LogP contribution is -2.26. The number of hydrogen-bond donors (Lipinski definition) is 1. The molecule has 1 aromatic carbocycles. The lowest BCUT2D eigenvalue weighted by atomic mass is 9.99. The Hall–Kier alpha value is -2.67. The zero-order valence-electron chi connectivity index (χ0n) is 17.2. The van der Waals surface area contributed by atoms with E-state index in [9.17, 15) is 0 Å². The summed E-state index contributed by atoms with van der Waals surface area (Å²) in [6.45, 7) is 2.96. The van der Waals surface area contributed by atoms with Gasteiger partial charge in [0.15, 0.2) is 5.65 Å². The molecule has 0 spiro atoms. The van der Waals surface area contributed by atoms with Gasteiger partial charge in [-0.15, -0.1) is 0 Å². The average Bonchev–Trinajstić information content (AvgIpc) is 3.38. The molecular weight excluding hydrogens is 364 g/mol. The molecule has 1 aliphatic heterocycles. The van der Waals surface area contributed by atoms with E-state index in [1.54, 1.807) is 7.11 Å². The van der Waals surface area contributed by atoms with Gasteiger partial charge in [0.1, 0.15) is 5.75 Å². The first-order valence-corrected chi connectivity index (χ1v) is 10.5. The van der Waals surface area contributed by atoms with E-state index >= 15 is 0 Å². The third kappa shape index (κ3) is 3.67. The molecule has 1 aliphatic carbocycles. The van der Waals surface area contributed by atoms with Crippen molar-refractivity contribution in [2.45, 2.75) is 45.2 Å². The number of ether oxygens (including phenoxy) is 1. The van der Waals surface area contributed by atoms with Gasteiger partial charge < -0.3 is 15.0 Å². The molecule has 0 radical (unpaired) electrons. The van der Waals surface area contributed by atoms with Gasteiger partial charge in [-0.05, 0) is 55.5 Å². The van der Waals surface area contributed by atoms with Crippen molar-refractivity contribution in [3.63, 3.8) is 0 Å². The maximum Gasteiger partial charge on any atom is 0.229 e. The molecule has 1 fully saturated rings. The Morgan fingerprint density at radius 3 is 2.86 bits per heavy atom. The average molecular weight is 393 g/mol. The predicted octanol–water partition coefficient (Wildman–Crippen LogP) is 3.76. The highest BCUT2D eigenvalue weighted by molar-refractivity contribution is 5.76. The summed E-state index contributed by atoms with van der Waals surface area (Å²) in [5.74, 6) is 2.12. The highest BCUT2D eigenvalue weighted by Gasteiger charge is 2.19. The summed E-state index contributed by atoms with van der Waals surface area (Å²) in [5.41, 5.74) is 4.49. The van der Waals surface area contributed by atoms with Crippen LogP contribution in [0, 0.1) is 5.92 Å². The van der Waals surface area contributed by atoms with Crippen molar-refractivity contribution in [1.82, 2.24) is 24.6 Å². The number of fused-ring (bicyclic) bond motifs is 2. The molecule has 152 valence electrons. The lowest BCUT2D eigenvalue weighted by Gasteiger charge is -2.26. The fraction of sp³-hybridized carbons (Fsp3) is 0.500. The molecule has 1 N–H and O–H groups in total. The molecule has 3 heterocycles. The first-order chi connectivity index (χ1) is 14.2. The maximum absolute atomic E-state index is 5.65. The van der Waals surface area contributed by atoms with Crippen LogP contribution >= 0.6 is 0 Å². The fourth-order valence-corrected chi connectivity index (χ4v) is 4.61. The van der Waals surface area contributed by atoms with Gasteiger partial charge in [0, 0.05) is 25.8 Å². The number of benzene rings is 1. The summed E-state index contributed by atoms with van der Waals surface area (Å²) in [7, 11) is 3.87. The van der Waals surface area contributed by atoms with E-state index in [1.807, 2.05) is 17.1 Å². The van der Waals surface area contributed by atoms with E-state index in [-0.39, 0.29) is 0 Å². The van der Waals surface area contributed by atoms with E-state index in [4.69, 9.17) is 9.72 Å². The molecule has 1 saturated carbocycles. The van der Waals surface area contributed by atoms with Crippen LogP contribution in [0.4, 0.5) is 11.6 Å². The van der Waals surface area contributed by atoms with E-state index in [0.29, 0.717) is 11.9 Å². The number of anilines is 2. The molecule has 0 bridgehead atoms. The number of nitrogens with one attached hydrogen (secondary N) is 1. The Labute approximate surface area is 171 Å². The van der Waals surface area contributed by atoms with E-state index in [1.165, 1.54) is 36.8 Å². The van der Waals surface area contributed by atoms with Crippen LogP contribution in [0.3, 0.4) is 0 Å². The molecule has 3 aromatic rings. The molecule has 2 aromatic heterocycles. The van der Waals surface area contributed by atoms with Crippen LogP contribution in [0.5, 0.6) is 5.75 Å². The minimum Gasteiger partial charge on any atom is -0.495 e. The molecule has 29 heavy (non-hydrogen) atoms. The number of likely N-dealkylation sites (N-methyl/N-ethyl adjacent to an activating group) is 1. The van der Waals surface area contributed by atoms with Crippen LogP contribution in [0.15, 0.2) is 24.5 Å². The van der Waals surface area contributed by atoms with E-state index in [0.717, 1.165) is 48.5 Å². The zero-order chi connectivity index (χ0) is 19.8. The third-order valence-corrected chi connectivity index (χ3v) is 6.25. The van der Waals surface area contributed by atoms with Crippen LogP contribution in [0.25, 0.3) is 11.0 Å². The number of nitrogens with zero attached hydrogens (tertiary/aromatic N) is 5. The lowest BCUT2D eigenvalue weighted by molar-refractivity contribution is 0.312. The van der Waals surface area contributed by atoms with Crippen LogP contribution in [-0.4, -0.2) is 45.4 Å². The second-order valence-corrected chi connectivity index (χ2v) is 8.38. The monoisotopic (exact) mass is 392 g/mol. The van der Waals surface area contributed by atoms with Crippen molar-refractivity contribution >= 4 is 22.7 Å². The smallest absolute Gasteiger partial charge is 0.229 e. The molecular formula is C22H28N6O. The third-order valence-electron chi connectivity index (χ3n) is 6.25. The second-order valence-electron chi connectivity index (χ2n) is 8.38. The van der Waals surface area contributed by atoms with Crippen LogP contribution < -0.4 is 10.1 Å². The van der Waals surface area contributed by atoms with Crippen LogP contribution in [0.2, 0.25) is 0 Å². The quantitative estimate of drug-likeness (QED) is 0.713. The Kier molecular flexibility index (Phi) is 4.83. The number of hydrogen-bond acceptors (Lipinski definition) is 6. The fourth-order valence-electron chi connectivity index (χ4n) is 4.61. The molecule has 0 saturated heterocycles. The Morgan fingerprint density at radius 2 is 2.03 bits per heavy atom. The second kappa shape index (κ2) is 7.63. The van der Waals surface area contributed by atoms with Gasteiger partial charge in [0.2, 0.25) is 5.95 Å². The molecule has 2 aliphatic rings. The Balaban J connectivity index is 1.44. The molecule has 7 heteroatoms. The topological polar surface area (TPSA) is 68.1 Å². The van der Waals surface area contributed by atoms with Crippen molar-refractivity contribution in [1.29, 1.82) is 0 Å². The van der Waals surface area contributed by atoms with Crippen LogP contribution in [-0.2, 0) is 19.5 Å². The standard InChI is InChI=1S/C22H28N6O/c1-27-8-7-16-10-20(29-2)19(9-17(16)14-27)25-22-23-11-18-12-24-28(21(18)26-22)13-15-5-3-4-6-15/h9-12,15H,3-8,13-14H2,1-2H3,(H,23,25,26). The molecule has 7 nitrogen and oxygen atoms in total. The normalized spacial score (nSPS) is 17.6. The first kappa shape index (κ1) is 18.4. The van der Waals surface area contributed by atoms with Crippen molar-refractivity contribution in [2.24, 2.45) is 5.92 Å². The Morgan fingerprint density at radius 1 is 1.17 bits per heavy atom. The van der Waals surface area contributed by atoms with E-state index < -0.39 is 0 Å². The van der Waals surface area contributed by atoms with Gasteiger partial charge >= 0.3 is 0 Å².